The quantitative estimate of drug-likeness (QED) is 0.571. The number of carbonyl (C=O) groups excluding carboxylic acids is 1. The molecule has 0 aromatic heterocycles. The molecule has 0 radical (unpaired) electrons. The maximum Gasteiger partial charge on any atom is 0.236 e. The van der Waals surface area contributed by atoms with E-state index in [1.165, 1.54) is 0 Å². The van der Waals surface area contributed by atoms with E-state index < -0.39 is 0 Å². The maximum atomic E-state index is 11.3. The molecule has 0 aliphatic rings. The number of carbonyl (C=O) groups is 1. The summed E-state index contributed by atoms with van der Waals surface area (Å²) in [4.78, 5) is 12.9. The molecule has 1 amide bonds. The smallest absolute Gasteiger partial charge is 0.236 e. The molecule has 0 aromatic rings. The molecule has 5 heteroatoms. The SMILES string of the molecule is COCC(CCCN)NCC(=O)N(C)C. The van der Waals surface area contributed by atoms with Crippen LogP contribution in [0.15, 0.2) is 0 Å². The molecule has 0 saturated heterocycles. The van der Waals surface area contributed by atoms with Gasteiger partial charge in [-0.3, -0.25) is 4.79 Å². The average Bonchev–Trinajstić information content (AvgIpc) is 2.21. The zero-order chi connectivity index (χ0) is 11.7. The second kappa shape index (κ2) is 8.64. The highest BCUT2D eigenvalue weighted by atomic mass is 16.5. The molecule has 0 rings (SSSR count). The molecular weight excluding hydrogens is 194 g/mol. The van der Waals surface area contributed by atoms with E-state index >= 15 is 0 Å². The summed E-state index contributed by atoms with van der Waals surface area (Å²) < 4.78 is 5.07. The van der Waals surface area contributed by atoms with Gasteiger partial charge in [0.25, 0.3) is 0 Å². The molecule has 15 heavy (non-hydrogen) atoms. The second-order valence-corrected chi connectivity index (χ2v) is 3.75. The van der Waals surface area contributed by atoms with Gasteiger partial charge in [0.15, 0.2) is 0 Å². The van der Waals surface area contributed by atoms with Crippen LogP contribution in [0.3, 0.4) is 0 Å². The van der Waals surface area contributed by atoms with Crippen LogP contribution in [0.1, 0.15) is 12.8 Å². The number of methoxy groups -OCH3 is 1. The summed E-state index contributed by atoms with van der Waals surface area (Å²) in [5.74, 6) is 0.0730. The fraction of sp³-hybridized carbons (Fsp3) is 0.900. The fourth-order valence-corrected chi connectivity index (χ4v) is 1.20. The van der Waals surface area contributed by atoms with Gasteiger partial charge in [-0.2, -0.15) is 0 Å². The Morgan fingerprint density at radius 3 is 2.67 bits per heavy atom. The molecular formula is C10H23N3O2. The Labute approximate surface area is 91.9 Å². The van der Waals surface area contributed by atoms with E-state index in [4.69, 9.17) is 10.5 Å². The molecule has 0 heterocycles. The van der Waals surface area contributed by atoms with Crippen molar-refractivity contribution < 1.29 is 9.53 Å². The van der Waals surface area contributed by atoms with E-state index in [-0.39, 0.29) is 11.9 Å². The molecule has 0 aliphatic heterocycles. The molecule has 90 valence electrons. The van der Waals surface area contributed by atoms with Crippen LogP contribution in [0.2, 0.25) is 0 Å². The minimum absolute atomic E-state index is 0.0730. The summed E-state index contributed by atoms with van der Waals surface area (Å²) in [5, 5.41) is 3.16. The zero-order valence-electron chi connectivity index (χ0n) is 9.95. The third-order valence-corrected chi connectivity index (χ3v) is 2.17. The van der Waals surface area contributed by atoms with Gasteiger partial charge >= 0.3 is 0 Å². The van der Waals surface area contributed by atoms with Gasteiger partial charge in [-0.15, -0.1) is 0 Å². The largest absolute Gasteiger partial charge is 0.383 e. The van der Waals surface area contributed by atoms with Crippen molar-refractivity contribution in [1.82, 2.24) is 10.2 Å². The zero-order valence-corrected chi connectivity index (χ0v) is 9.95. The topological polar surface area (TPSA) is 67.6 Å². The summed E-state index contributed by atoms with van der Waals surface area (Å²) >= 11 is 0. The van der Waals surface area contributed by atoms with Gasteiger partial charge in [0.2, 0.25) is 5.91 Å². The van der Waals surface area contributed by atoms with Crippen LogP contribution in [0.4, 0.5) is 0 Å². The Morgan fingerprint density at radius 2 is 2.20 bits per heavy atom. The van der Waals surface area contributed by atoms with Crippen LogP contribution >= 0.6 is 0 Å². The number of likely N-dealkylation sites (N-methyl/N-ethyl adjacent to an activating group) is 1. The molecule has 5 nitrogen and oxygen atoms in total. The number of nitrogens with one attached hydrogen (secondary N) is 1. The van der Waals surface area contributed by atoms with E-state index in [0.29, 0.717) is 19.7 Å². The molecule has 1 unspecified atom stereocenters. The van der Waals surface area contributed by atoms with Crippen LogP contribution in [0, 0.1) is 0 Å². The lowest BCUT2D eigenvalue weighted by molar-refractivity contribution is -0.127. The number of ether oxygens (including phenoxy) is 1. The molecule has 0 fully saturated rings. The number of amides is 1. The van der Waals surface area contributed by atoms with E-state index in [1.807, 2.05) is 0 Å². The predicted molar refractivity (Wildman–Crippen MR) is 60.6 cm³/mol. The van der Waals surface area contributed by atoms with Crippen molar-refractivity contribution in [3.05, 3.63) is 0 Å². The highest BCUT2D eigenvalue weighted by Crippen LogP contribution is 1.96. The van der Waals surface area contributed by atoms with Gasteiger partial charge in [0, 0.05) is 27.2 Å². The van der Waals surface area contributed by atoms with Crippen LogP contribution < -0.4 is 11.1 Å². The van der Waals surface area contributed by atoms with Gasteiger partial charge in [-0.05, 0) is 19.4 Å². The Hall–Kier alpha value is -0.650. The number of rotatable bonds is 8. The number of hydrogen-bond acceptors (Lipinski definition) is 4. The van der Waals surface area contributed by atoms with E-state index in [1.54, 1.807) is 26.1 Å². The van der Waals surface area contributed by atoms with Crippen LogP contribution in [0.25, 0.3) is 0 Å². The van der Waals surface area contributed by atoms with E-state index in [0.717, 1.165) is 12.8 Å². The Balaban J connectivity index is 3.78. The normalized spacial score (nSPS) is 12.5. The lowest BCUT2D eigenvalue weighted by Crippen LogP contribution is -2.41. The van der Waals surface area contributed by atoms with E-state index in [2.05, 4.69) is 5.32 Å². The van der Waals surface area contributed by atoms with Gasteiger partial charge in [0.05, 0.1) is 13.2 Å². The summed E-state index contributed by atoms with van der Waals surface area (Å²) in [5.41, 5.74) is 5.43. The van der Waals surface area contributed by atoms with Crippen molar-refractivity contribution in [3.8, 4) is 0 Å². The van der Waals surface area contributed by atoms with Gasteiger partial charge in [-0.25, -0.2) is 0 Å². The first-order valence-corrected chi connectivity index (χ1v) is 5.24. The Bertz CT molecular complexity index is 174. The number of nitrogens with zero attached hydrogens (tertiary/aromatic N) is 1. The first kappa shape index (κ1) is 14.3. The first-order valence-electron chi connectivity index (χ1n) is 5.24. The molecule has 1 atom stereocenters. The van der Waals surface area contributed by atoms with Gasteiger partial charge < -0.3 is 20.7 Å². The second-order valence-electron chi connectivity index (χ2n) is 3.75. The predicted octanol–water partition coefficient (Wildman–Crippen LogP) is -0.582. The summed E-state index contributed by atoms with van der Waals surface area (Å²) in [6.45, 7) is 1.63. The molecule has 0 aliphatic carbocycles. The molecule has 0 saturated carbocycles. The fourth-order valence-electron chi connectivity index (χ4n) is 1.20. The molecule has 0 spiro atoms. The highest BCUT2D eigenvalue weighted by Gasteiger charge is 2.10. The third kappa shape index (κ3) is 7.30. The van der Waals surface area contributed by atoms with Gasteiger partial charge in [0.1, 0.15) is 0 Å². The van der Waals surface area contributed by atoms with Gasteiger partial charge in [-0.1, -0.05) is 0 Å². The minimum Gasteiger partial charge on any atom is -0.383 e. The summed E-state index contributed by atoms with van der Waals surface area (Å²) in [7, 11) is 5.15. The lowest BCUT2D eigenvalue weighted by atomic mass is 10.1. The third-order valence-electron chi connectivity index (χ3n) is 2.17. The monoisotopic (exact) mass is 217 g/mol. The standard InChI is InChI=1S/C10H23N3O2/c1-13(2)10(14)7-12-9(8-15-3)5-4-6-11/h9,12H,4-8,11H2,1-3H3. The number of hydrogen-bond donors (Lipinski definition) is 2. The van der Waals surface area contributed by atoms with Crippen molar-refractivity contribution in [1.29, 1.82) is 0 Å². The Kier molecular flexibility index (Phi) is 8.27. The van der Waals surface area contributed by atoms with Crippen molar-refractivity contribution >= 4 is 5.91 Å². The lowest BCUT2D eigenvalue weighted by Gasteiger charge is -2.18. The Morgan fingerprint density at radius 1 is 1.53 bits per heavy atom. The maximum absolute atomic E-state index is 11.3. The number of nitrogens with two attached hydrogens (primary N) is 1. The van der Waals surface area contributed by atoms with Crippen molar-refractivity contribution in [2.45, 2.75) is 18.9 Å². The van der Waals surface area contributed by atoms with Crippen LogP contribution in [-0.2, 0) is 9.53 Å². The van der Waals surface area contributed by atoms with Crippen molar-refractivity contribution in [3.63, 3.8) is 0 Å². The van der Waals surface area contributed by atoms with Crippen LogP contribution in [-0.4, -0.2) is 57.8 Å². The van der Waals surface area contributed by atoms with Crippen molar-refractivity contribution in [2.75, 3.05) is 40.9 Å². The van der Waals surface area contributed by atoms with Crippen LogP contribution in [0.5, 0.6) is 0 Å². The van der Waals surface area contributed by atoms with Crippen molar-refractivity contribution in [2.24, 2.45) is 5.73 Å². The first-order chi connectivity index (χ1) is 7.11. The molecule has 3 N–H and O–H groups in total. The summed E-state index contributed by atoms with van der Waals surface area (Å²) in [6, 6.07) is 0.211. The highest BCUT2D eigenvalue weighted by molar-refractivity contribution is 5.77. The molecule has 0 aromatic carbocycles. The summed E-state index contributed by atoms with van der Waals surface area (Å²) in [6.07, 6.45) is 1.88. The minimum atomic E-state index is 0.0730. The molecule has 0 bridgehead atoms. The van der Waals surface area contributed by atoms with E-state index in [9.17, 15) is 4.79 Å². The average molecular weight is 217 g/mol.